The van der Waals surface area contributed by atoms with E-state index in [4.69, 9.17) is 9.52 Å². The zero-order valence-electron chi connectivity index (χ0n) is 20.4. The Hall–Kier alpha value is -3.83. The lowest BCUT2D eigenvalue weighted by Crippen LogP contribution is -2.16. The molecule has 1 aliphatic heterocycles. The van der Waals surface area contributed by atoms with Gasteiger partial charge in [0, 0.05) is 22.6 Å². The second-order valence-electron chi connectivity index (χ2n) is 9.90. The van der Waals surface area contributed by atoms with Gasteiger partial charge in [0.15, 0.2) is 11.5 Å². The molecule has 0 N–H and O–H groups in total. The fraction of sp³-hybridized carbons (Fsp3) is 0.259. The van der Waals surface area contributed by atoms with Crippen LogP contribution in [0.1, 0.15) is 48.0 Å². The fourth-order valence-corrected chi connectivity index (χ4v) is 4.39. The van der Waals surface area contributed by atoms with E-state index in [-0.39, 0.29) is 18.3 Å². The summed E-state index contributed by atoms with van der Waals surface area (Å²) in [6.07, 6.45) is 1.73. The van der Waals surface area contributed by atoms with E-state index < -0.39 is 8.07 Å². The van der Waals surface area contributed by atoms with Gasteiger partial charge >= 0.3 is 0 Å². The first-order chi connectivity index (χ1) is 16.7. The molecule has 35 heavy (non-hydrogen) atoms. The Kier molecular flexibility index (Phi) is 5.73. The number of hydrogen-bond acceptors (Lipinski definition) is 5. The van der Waals surface area contributed by atoms with Crippen LogP contribution in [0.5, 0.6) is 0 Å². The molecule has 0 amide bonds. The van der Waals surface area contributed by atoms with Crippen molar-refractivity contribution in [2.24, 2.45) is 4.99 Å². The van der Waals surface area contributed by atoms with Gasteiger partial charge in [0.25, 0.3) is 5.89 Å². The summed E-state index contributed by atoms with van der Waals surface area (Å²) >= 11 is 0. The molecule has 5 rings (SSSR count). The van der Waals surface area contributed by atoms with Crippen LogP contribution in [0.4, 0.5) is 4.39 Å². The number of nitrogens with zero attached hydrogens (tertiary/aromatic N) is 5. The summed E-state index contributed by atoms with van der Waals surface area (Å²) in [6, 6.07) is 12.7. The molecule has 2 aromatic carbocycles. The number of aliphatic imine (C=N–C) groups is 1. The summed E-state index contributed by atoms with van der Waals surface area (Å²) in [5.41, 5.74) is 8.34. The Balaban J connectivity index is 1.70. The summed E-state index contributed by atoms with van der Waals surface area (Å²) in [5.74, 6) is 4.10. The maximum atomic E-state index is 14.9. The Morgan fingerprint density at radius 1 is 1.09 bits per heavy atom. The van der Waals surface area contributed by atoms with Crippen LogP contribution >= 0.6 is 0 Å². The Bertz CT molecular complexity index is 1510. The van der Waals surface area contributed by atoms with Gasteiger partial charge in [0.1, 0.15) is 20.2 Å². The van der Waals surface area contributed by atoms with E-state index in [0.29, 0.717) is 28.7 Å². The van der Waals surface area contributed by atoms with Gasteiger partial charge in [-0.2, -0.15) is 4.98 Å². The third kappa shape index (κ3) is 4.47. The van der Waals surface area contributed by atoms with Crippen molar-refractivity contribution in [3.05, 3.63) is 82.8 Å². The van der Waals surface area contributed by atoms with Crippen molar-refractivity contribution in [1.29, 1.82) is 0 Å². The maximum Gasteiger partial charge on any atom is 0.278 e. The highest BCUT2D eigenvalue weighted by molar-refractivity contribution is 6.83. The minimum Gasteiger partial charge on any atom is -0.332 e. The normalized spacial score (nSPS) is 12.9. The molecule has 0 bridgehead atoms. The number of hydrogen-bond donors (Lipinski definition) is 0. The summed E-state index contributed by atoms with van der Waals surface area (Å²) in [6.45, 7) is 10.9. The summed E-state index contributed by atoms with van der Waals surface area (Å²) < 4.78 is 22.4. The minimum absolute atomic E-state index is 0.135. The molecular formula is C27H26FN5OSi. The molecule has 1 aliphatic rings. The van der Waals surface area contributed by atoms with Gasteiger partial charge in [-0.25, -0.2) is 9.37 Å². The van der Waals surface area contributed by atoms with Gasteiger partial charge in [-0.1, -0.05) is 56.7 Å². The van der Waals surface area contributed by atoms with E-state index >= 15 is 0 Å². The average molecular weight is 484 g/mol. The standard InChI is InChI=1S/C27H26FN5OSi/c1-17(2)26-31-27(34-32-26)25-23-15-29-24(19-8-6-7-9-21(19)28)20-14-18(12-13-35(3,4)5)10-11-22(20)33(23)16-30-25/h6-11,14,16-17H,15H2,1-5H3. The molecule has 4 aromatic rings. The van der Waals surface area contributed by atoms with Crippen molar-refractivity contribution in [2.45, 2.75) is 46.0 Å². The number of imidazole rings is 1. The van der Waals surface area contributed by atoms with Crippen molar-refractivity contribution in [2.75, 3.05) is 0 Å². The largest absolute Gasteiger partial charge is 0.332 e. The van der Waals surface area contributed by atoms with Crippen LogP contribution < -0.4 is 0 Å². The molecular weight excluding hydrogens is 457 g/mol. The second kappa shape index (κ2) is 8.75. The van der Waals surface area contributed by atoms with Crippen molar-refractivity contribution >= 4 is 13.8 Å². The van der Waals surface area contributed by atoms with Crippen molar-refractivity contribution < 1.29 is 8.91 Å². The number of fused-ring (bicyclic) bond motifs is 3. The first kappa shape index (κ1) is 22.9. The number of aromatic nitrogens is 4. The molecule has 176 valence electrons. The summed E-state index contributed by atoms with van der Waals surface area (Å²) in [4.78, 5) is 14.0. The van der Waals surface area contributed by atoms with Crippen LogP contribution in [0.2, 0.25) is 19.6 Å². The molecule has 0 fully saturated rings. The maximum absolute atomic E-state index is 14.9. The van der Waals surface area contributed by atoms with Crippen LogP contribution in [0.3, 0.4) is 0 Å². The van der Waals surface area contributed by atoms with E-state index in [2.05, 4.69) is 46.2 Å². The highest BCUT2D eigenvalue weighted by Gasteiger charge is 2.26. The lowest BCUT2D eigenvalue weighted by Gasteiger charge is -2.13. The van der Waals surface area contributed by atoms with Gasteiger partial charge in [0.2, 0.25) is 0 Å². The Morgan fingerprint density at radius 2 is 1.89 bits per heavy atom. The average Bonchev–Trinajstić information content (AvgIpc) is 3.43. The lowest BCUT2D eigenvalue weighted by molar-refractivity contribution is 0.418. The van der Waals surface area contributed by atoms with Gasteiger partial charge in [-0.15, -0.1) is 5.54 Å². The van der Waals surface area contributed by atoms with Crippen molar-refractivity contribution in [3.8, 4) is 28.7 Å². The van der Waals surface area contributed by atoms with E-state index in [1.165, 1.54) is 6.07 Å². The van der Waals surface area contributed by atoms with Crippen LogP contribution in [-0.4, -0.2) is 33.5 Å². The van der Waals surface area contributed by atoms with E-state index in [9.17, 15) is 4.39 Å². The molecule has 0 aliphatic carbocycles. The van der Waals surface area contributed by atoms with Crippen LogP contribution in [0.25, 0.3) is 17.3 Å². The molecule has 0 saturated heterocycles. The molecule has 3 heterocycles. The second-order valence-corrected chi connectivity index (χ2v) is 14.6. The third-order valence-electron chi connectivity index (χ3n) is 5.64. The van der Waals surface area contributed by atoms with Crippen molar-refractivity contribution in [1.82, 2.24) is 19.7 Å². The van der Waals surface area contributed by atoms with Crippen molar-refractivity contribution in [3.63, 3.8) is 0 Å². The smallest absolute Gasteiger partial charge is 0.278 e. The summed E-state index contributed by atoms with van der Waals surface area (Å²) in [7, 11) is -1.56. The zero-order valence-corrected chi connectivity index (χ0v) is 21.4. The monoisotopic (exact) mass is 483 g/mol. The molecule has 0 spiro atoms. The summed E-state index contributed by atoms with van der Waals surface area (Å²) in [5, 5.41) is 4.08. The number of halogens is 1. The molecule has 6 nitrogen and oxygen atoms in total. The Morgan fingerprint density at radius 3 is 2.60 bits per heavy atom. The molecule has 8 heteroatoms. The minimum atomic E-state index is -1.56. The fourth-order valence-electron chi connectivity index (χ4n) is 3.87. The highest BCUT2D eigenvalue weighted by atomic mass is 28.3. The first-order valence-corrected chi connectivity index (χ1v) is 15.1. The van der Waals surface area contributed by atoms with Crippen LogP contribution in [0.15, 0.2) is 58.3 Å². The van der Waals surface area contributed by atoms with E-state index in [0.717, 1.165) is 22.5 Å². The molecule has 0 atom stereocenters. The zero-order chi connectivity index (χ0) is 24.7. The SMILES string of the molecule is CC(C)c1noc(-c2ncn3c2CN=C(c2ccccc2F)c2cc(C#C[Si](C)(C)C)ccc2-3)n1. The quantitative estimate of drug-likeness (QED) is 0.274. The topological polar surface area (TPSA) is 69.1 Å². The molecule has 0 radical (unpaired) electrons. The predicted molar refractivity (Wildman–Crippen MR) is 137 cm³/mol. The molecule has 0 unspecified atom stereocenters. The lowest BCUT2D eigenvalue weighted by atomic mass is 9.98. The number of rotatable bonds is 3. The van der Waals surface area contributed by atoms with Crippen LogP contribution in [-0.2, 0) is 6.54 Å². The van der Waals surface area contributed by atoms with E-state index in [1.54, 1.807) is 18.5 Å². The Labute approximate surface area is 205 Å². The van der Waals surface area contributed by atoms with Gasteiger partial charge < -0.3 is 4.52 Å². The van der Waals surface area contributed by atoms with E-state index in [1.807, 2.05) is 42.7 Å². The molecule has 0 saturated carbocycles. The number of benzene rings is 2. The first-order valence-electron chi connectivity index (χ1n) is 11.6. The van der Waals surface area contributed by atoms with Gasteiger partial charge in [-0.3, -0.25) is 9.56 Å². The predicted octanol–water partition coefficient (Wildman–Crippen LogP) is 5.76. The van der Waals surface area contributed by atoms with Gasteiger partial charge in [-0.05, 0) is 30.3 Å². The third-order valence-corrected chi connectivity index (χ3v) is 6.51. The van der Waals surface area contributed by atoms with Crippen LogP contribution in [0, 0.1) is 17.3 Å². The molecule has 2 aromatic heterocycles. The highest BCUT2D eigenvalue weighted by Crippen LogP contribution is 2.31. The van der Waals surface area contributed by atoms with Gasteiger partial charge in [0.05, 0.1) is 23.6 Å².